The maximum Gasteiger partial charge on any atom is 0.250 e. The highest BCUT2D eigenvalue weighted by Crippen LogP contribution is 2.37. The van der Waals surface area contributed by atoms with Crippen LogP contribution in [0.5, 0.6) is 0 Å². The first-order valence-corrected chi connectivity index (χ1v) is 7.91. The zero-order chi connectivity index (χ0) is 16.9. The molecule has 0 fully saturated rings. The number of rotatable bonds is 2. The molecule has 0 atom stereocenters. The van der Waals surface area contributed by atoms with E-state index in [1.54, 1.807) is 12.1 Å². The summed E-state index contributed by atoms with van der Waals surface area (Å²) in [5.41, 5.74) is 9.14. The van der Waals surface area contributed by atoms with E-state index in [2.05, 4.69) is 13.8 Å². The molecule has 4 nitrogen and oxygen atoms in total. The van der Waals surface area contributed by atoms with Crippen molar-refractivity contribution in [2.24, 2.45) is 11.1 Å². The number of nitrogens with zero attached hydrogens (tertiary/aromatic N) is 1. The van der Waals surface area contributed by atoms with Crippen LogP contribution in [0.1, 0.15) is 52.4 Å². The molecule has 0 bridgehead atoms. The van der Waals surface area contributed by atoms with E-state index in [1.165, 1.54) is 0 Å². The molecule has 120 valence electrons. The van der Waals surface area contributed by atoms with Crippen molar-refractivity contribution >= 4 is 23.3 Å². The lowest BCUT2D eigenvalue weighted by atomic mass is 9.76. The summed E-state index contributed by atoms with van der Waals surface area (Å²) in [6, 6.07) is 7.09. The standard InChI is InChI=1S/C18H19ClN2O2/c1-10-6-13-15(8-18(2,3)9-16(13)22)21(10)11-4-5-12(17(20)23)14(19)7-11/h4-7H,8-9H2,1-3H3,(H2,20,23). The number of aryl methyl sites for hydroxylation is 1. The zero-order valence-corrected chi connectivity index (χ0v) is 14.2. The minimum absolute atomic E-state index is 0.0659. The summed E-state index contributed by atoms with van der Waals surface area (Å²) in [7, 11) is 0. The van der Waals surface area contributed by atoms with E-state index in [4.69, 9.17) is 17.3 Å². The van der Waals surface area contributed by atoms with Crippen LogP contribution < -0.4 is 5.73 Å². The molecule has 1 heterocycles. The van der Waals surface area contributed by atoms with Crippen LogP contribution in [0.3, 0.4) is 0 Å². The second kappa shape index (κ2) is 5.24. The highest BCUT2D eigenvalue weighted by atomic mass is 35.5. The van der Waals surface area contributed by atoms with Gasteiger partial charge in [-0.15, -0.1) is 0 Å². The van der Waals surface area contributed by atoms with Crippen molar-refractivity contribution in [2.75, 3.05) is 0 Å². The lowest BCUT2D eigenvalue weighted by molar-refractivity contribution is 0.0910. The minimum atomic E-state index is -0.552. The fourth-order valence-corrected chi connectivity index (χ4v) is 3.62. The summed E-state index contributed by atoms with van der Waals surface area (Å²) in [6.45, 7) is 6.17. The first kappa shape index (κ1) is 15.8. The number of halogens is 1. The smallest absolute Gasteiger partial charge is 0.250 e. The second-order valence-corrected chi connectivity index (χ2v) is 7.36. The summed E-state index contributed by atoms with van der Waals surface area (Å²) >= 11 is 6.18. The van der Waals surface area contributed by atoms with Crippen LogP contribution in [-0.4, -0.2) is 16.3 Å². The molecule has 0 unspecified atom stereocenters. The van der Waals surface area contributed by atoms with Crippen LogP contribution in [0.4, 0.5) is 0 Å². The van der Waals surface area contributed by atoms with Gasteiger partial charge >= 0.3 is 0 Å². The van der Waals surface area contributed by atoms with E-state index in [-0.39, 0.29) is 11.2 Å². The Morgan fingerprint density at radius 1 is 1.26 bits per heavy atom. The quantitative estimate of drug-likeness (QED) is 0.912. The fraction of sp³-hybridized carbons (Fsp3) is 0.333. The molecule has 2 N–H and O–H groups in total. The van der Waals surface area contributed by atoms with Crippen molar-refractivity contribution in [3.05, 3.63) is 51.8 Å². The molecule has 1 aliphatic rings. The fourth-order valence-electron chi connectivity index (χ4n) is 3.35. The van der Waals surface area contributed by atoms with E-state index in [0.29, 0.717) is 17.0 Å². The Balaban J connectivity index is 2.17. The third-order valence-corrected chi connectivity index (χ3v) is 4.66. The third kappa shape index (κ3) is 2.68. The predicted octanol–water partition coefficient (Wildman–Crippen LogP) is 3.69. The summed E-state index contributed by atoms with van der Waals surface area (Å²) in [5, 5.41) is 0.318. The Bertz CT molecular complexity index is 834. The molecule has 2 aromatic rings. The number of benzene rings is 1. The maximum absolute atomic E-state index is 12.4. The number of hydrogen-bond donors (Lipinski definition) is 1. The Morgan fingerprint density at radius 3 is 2.57 bits per heavy atom. The second-order valence-electron chi connectivity index (χ2n) is 6.95. The predicted molar refractivity (Wildman–Crippen MR) is 90.5 cm³/mol. The average molecular weight is 331 g/mol. The Kier molecular flexibility index (Phi) is 3.60. The summed E-state index contributed by atoms with van der Waals surface area (Å²) in [4.78, 5) is 23.7. The molecule has 1 aliphatic carbocycles. The maximum atomic E-state index is 12.4. The van der Waals surface area contributed by atoms with E-state index in [9.17, 15) is 9.59 Å². The Hall–Kier alpha value is -2.07. The highest BCUT2D eigenvalue weighted by molar-refractivity contribution is 6.34. The number of hydrogen-bond acceptors (Lipinski definition) is 2. The molecule has 3 rings (SSSR count). The van der Waals surface area contributed by atoms with Gasteiger partial charge in [0.05, 0.1) is 10.6 Å². The molecule has 0 aliphatic heterocycles. The lowest BCUT2D eigenvalue weighted by Gasteiger charge is -2.30. The van der Waals surface area contributed by atoms with Crippen LogP contribution in [-0.2, 0) is 6.42 Å². The van der Waals surface area contributed by atoms with Crippen LogP contribution in [0.2, 0.25) is 5.02 Å². The summed E-state index contributed by atoms with van der Waals surface area (Å²) in [6.07, 6.45) is 1.38. The van der Waals surface area contributed by atoms with Gasteiger partial charge in [0, 0.05) is 29.1 Å². The molecular formula is C18H19ClN2O2. The largest absolute Gasteiger partial charge is 0.366 e. The van der Waals surface area contributed by atoms with Gasteiger partial charge in [-0.05, 0) is 43.0 Å². The molecule has 5 heteroatoms. The van der Waals surface area contributed by atoms with E-state index >= 15 is 0 Å². The van der Waals surface area contributed by atoms with Crippen LogP contribution in [0, 0.1) is 12.3 Å². The molecule has 0 saturated carbocycles. The molecule has 0 saturated heterocycles. The van der Waals surface area contributed by atoms with Gasteiger partial charge in [0.1, 0.15) is 0 Å². The molecule has 0 radical (unpaired) electrons. The first-order valence-electron chi connectivity index (χ1n) is 7.54. The normalized spacial score (nSPS) is 16.3. The van der Waals surface area contributed by atoms with Gasteiger partial charge < -0.3 is 10.3 Å². The van der Waals surface area contributed by atoms with Gasteiger partial charge in [-0.3, -0.25) is 9.59 Å². The van der Waals surface area contributed by atoms with E-state index in [1.807, 2.05) is 23.6 Å². The van der Waals surface area contributed by atoms with Crippen LogP contribution in [0.25, 0.3) is 5.69 Å². The first-order chi connectivity index (χ1) is 10.7. The number of Topliss-reactive ketones (excluding diaryl/α,β-unsaturated/α-hetero) is 1. The zero-order valence-electron chi connectivity index (χ0n) is 13.4. The SMILES string of the molecule is Cc1cc2c(n1-c1ccc(C(N)=O)c(Cl)c1)CC(C)(C)CC2=O. The molecular weight excluding hydrogens is 312 g/mol. The highest BCUT2D eigenvalue weighted by Gasteiger charge is 2.34. The number of nitrogens with two attached hydrogens (primary N) is 1. The van der Waals surface area contributed by atoms with Gasteiger partial charge in [-0.2, -0.15) is 0 Å². The minimum Gasteiger partial charge on any atom is -0.366 e. The third-order valence-electron chi connectivity index (χ3n) is 4.35. The Morgan fingerprint density at radius 2 is 1.96 bits per heavy atom. The van der Waals surface area contributed by atoms with Crippen molar-refractivity contribution in [2.45, 2.75) is 33.6 Å². The van der Waals surface area contributed by atoms with Crippen molar-refractivity contribution < 1.29 is 9.59 Å². The number of ketones is 1. The van der Waals surface area contributed by atoms with Crippen LogP contribution in [0.15, 0.2) is 24.3 Å². The number of carbonyl (C=O) groups is 2. The summed E-state index contributed by atoms with van der Waals surface area (Å²) < 4.78 is 2.05. The van der Waals surface area contributed by atoms with Crippen molar-refractivity contribution in [3.8, 4) is 5.69 Å². The van der Waals surface area contributed by atoms with Crippen molar-refractivity contribution in [1.29, 1.82) is 0 Å². The Labute approximate surface area is 140 Å². The van der Waals surface area contributed by atoms with Gasteiger partial charge in [-0.1, -0.05) is 25.4 Å². The van der Waals surface area contributed by atoms with Gasteiger partial charge in [-0.25, -0.2) is 0 Å². The van der Waals surface area contributed by atoms with E-state index in [0.717, 1.165) is 29.1 Å². The van der Waals surface area contributed by atoms with Crippen LogP contribution >= 0.6 is 11.6 Å². The lowest BCUT2D eigenvalue weighted by Crippen LogP contribution is -2.27. The summed E-state index contributed by atoms with van der Waals surface area (Å²) in [5.74, 6) is -0.373. The topological polar surface area (TPSA) is 65.1 Å². The molecule has 0 spiro atoms. The average Bonchev–Trinajstić information content (AvgIpc) is 2.73. The monoisotopic (exact) mass is 330 g/mol. The van der Waals surface area contributed by atoms with Gasteiger partial charge in [0.15, 0.2) is 5.78 Å². The number of fused-ring (bicyclic) bond motifs is 1. The number of aromatic nitrogens is 1. The number of amides is 1. The number of carbonyl (C=O) groups excluding carboxylic acids is 2. The van der Waals surface area contributed by atoms with Gasteiger partial charge in [0.2, 0.25) is 5.91 Å². The molecule has 23 heavy (non-hydrogen) atoms. The van der Waals surface area contributed by atoms with Gasteiger partial charge in [0.25, 0.3) is 0 Å². The molecule has 1 aromatic heterocycles. The van der Waals surface area contributed by atoms with Crippen molar-refractivity contribution in [3.63, 3.8) is 0 Å². The van der Waals surface area contributed by atoms with E-state index < -0.39 is 5.91 Å². The molecule has 1 amide bonds. The van der Waals surface area contributed by atoms with Crippen molar-refractivity contribution in [1.82, 2.24) is 4.57 Å². The number of primary amides is 1. The molecule has 1 aromatic carbocycles.